The second-order valence-corrected chi connectivity index (χ2v) is 3.85. The molecular weight excluding hydrogens is 246 g/mol. The van der Waals surface area contributed by atoms with Crippen molar-refractivity contribution in [2.75, 3.05) is 20.3 Å². The first-order valence-corrected chi connectivity index (χ1v) is 5.58. The number of methoxy groups -OCH3 is 1. The van der Waals surface area contributed by atoms with Crippen LogP contribution < -0.4 is 4.74 Å². The number of hydrogen-bond donors (Lipinski definition) is 0. The van der Waals surface area contributed by atoms with Gasteiger partial charge in [0, 0.05) is 30.9 Å². The molecule has 0 aliphatic heterocycles. The zero-order valence-corrected chi connectivity index (χ0v) is 10.3. The van der Waals surface area contributed by atoms with Gasteiger partial charge in [-0.3, -0.25) is 10.1 Å². The average molecular weight is 260 g/mol. The van der Waals surface area contributed by atoms with Gasteiger partial charge < -0.3 is 9.47 Å². The van der Waals surface area contributed by atoms with E-state index in [1.165, 1.54) is 18.2 Å². The highest BCUT2D eigenvalue weighted by Crippen LogP contribution is 2.29. The van der Waals surface area contributed by atoms with Crippen molar-refractivity contribution in [1.82, 2.24) is 0 Å². The number of halogens is 1. The normalized spacial score (nSPS) is 10.2. The summed E-state index contributed by atoms with van der Waals surface area (Å²) in [5.74, 6) is 0.208. The van der Waals surface area contributed by atoms with Crippen LogP contribution in [0.25, 0.3) is 0 Å². The summed E-state index contributed by atoms with van der Waals surface area (Å²) < 4.78 is 10.2. The van der Waals surface area contributed by atoms with Crippen LogP contribution in [0.2, 0.25) is 5.02 Å². The van der Waals surface area contributed by atoms with E-state index >= 15 is 0 Å². The van der Waals surface area contributed by atoms with Gasteiger partial charge in [0.05, 0.1) is 11.5 Å². The molecule has 0 aliphatic carbocycles. The summed E-state index contributed by atoms with van der Waals surface area (Å²) in [6.07, 6.45) is 1.63. The SMILES string of the molecule is COCCCCOc1cc(Cl)ccc1[N+](=O)[O-]. The number of nitrogens with zero attached hydrogens (tertiary/aromatic N) is 1. The Hall–Kier alpha value is -1.33. The predicted molar refractivity (Wildman–Crippen MR) is 64.7 cm³/mol. The molecule has 0 spiro atoms. The fourth-order valence-electron chi connectivity index (χ4n) is 1.28. The quantitative estimate of drug-likeness (QED) is 0.429. The van der Waals surface area contributed by atoms with Gasteiger partial charge in [-0.25, -0.2) is 0 Å². The lowest BCUT2D eigenvalue weighted by Crippen LogP contribution is -2.02. The van der Waals surface area contributed by atoms with Crippen molar-refractivity contribution in [3.63, 3.8) is 0 Å². The molecular formula is C11H14ClNO4. The van der Waals surface area contributed by atoms with Crippen LogP contribution in [0, 0.1) is 10.1 Å². The van der Waals surface area contributed by atoms with Gasteiger partial charge in [-0.1, -0.05) is 11.6 Å². The molecule has 0 aliphatic rings. The van der Waals surface area contributed by atoms with Crippen LogP contribution in [0.1, 0.15) is 12.8 Å². The summed E-state index contributed by atoms with van der Waals surface area (Å²) in [5.41, 5.74) is -0.0684. The molecule has 6 heteroatoms. The Bertz CT molecular complexity index is 384. The van der Waals surface area contributed by atoms with Crippen LogP contribution in [0.5, 0.6) is 5.75 Å². The molecule has 0 saturated carbocycles. The summed E-state index contributed by atoms with van der Waals surface area (Å²) in [6, 6.07) is 4.26. The van der Waals surface area contributed by atoms with E-state index in [1.54, 1.807) is 7.11 Å². The molecule has 5 nitrogen and oxygen atoms in total. The van der Waals surface area contributed by atoms with Gasteiger partial charge in [-0.05, 0) is 18.9 Å². The molecule has 1 aromatic rings. The third-order valence-corrected chi connectivity index (χ3v) is 2.35. The molecule has 0 amide bonds. The topological polar surface area (TPSA) is 61.6 Å². The van der Waals surface area contributed by atoms with Crippen LogP contribution in [0.15, 0.2) is 18.2 Å². The second kappa shape index (κ2) is 7.09. The van der Waals surface area contributed by atoms with E-state index in [2.05, 4.69) is 0 Å². The highest BCUT2D eigenvalue weighted by molar-refractivity contribution is 6.30. The van der Waals surface area contributed by atoms with Crippen molar-refractivity contribution in [3.8, 4) is 5.75 Å². The van der Waals surface area contributed by atoms with Crippen molar-refractivity contribution in [2.24, 2.45) is 0 Å². The monoisotopic (exact) mass is 259 g/mol. The lowest BCUT2D eigenvalue weighted by Gasteiger charge is -2.06. The number of unbranched alkanes of at least 4 members (excludes halogenated alkanes) is 1. The lowest BCUT2D eigenvalue weighted by atomic mass is 10.3. The van der Waals surface area contributed by atoms with Crippen molar-refractivity contribution >= 4 is 17.3 Å². The van der Waals surface area contributed by atoms with E-state index in [4.69, 9.17) is 21.1 Å². The zero-order valence-electron chi connectivity index (χ0n) is 9.52. The first kappa shape index (κ1) is 13.7. The summed E-state index contributed by atoms with van der Waals surface area (Å²) in [6.45, 7) is 1.06. The van der Waals surface area contributed by atoms with Gasteiger partial charge in [0.1, 0.15) is 0 Å². The molecule has 1 rings (SSSR count). The molecule has 0 unspecified atom stereocenters. The van der Waals surface area contributed by atoms with Crippen molar-refractivity contribution in [2.45, 2.75) is 12.8 Å². The molecule has 0 N–H and O–H groups in total. The molecule has 0 heterocycles. The maximum Gasteiger partial charge on any atom is 0.311 e. The number of nitro groups is 1. The first-order chi connectivity index (χ1) is 8.15. The fraction of sp³-hybridized carbons (Fsp3) is 0.455. The van der Waals surface area contributed by atoms with Crippen molar-refractivity contribution in [1.29, 1.82) is 0 Å². The van der Waals surface area contributed by atoms with Crippen molar-refractivity contribution < 1.29 is 14.4 Å². The summed E-state index contributed by atoms with van der Waals surface area (Å²) in [4.78, 5) is 10.2. The summed E-state index contributed by atoms with van der Waals surface area (Å²) in [5, 5.41) is 11.1. The van der Waals surface area contributed by atoms with Crippen LogP contribution in [-0.4, -0.2) is 25.2 Å². The van der Waals surface area contributed by atoms with Crippen LogP contribution in [-0.2, 0) is 4.74 Å². The number of hydrogen-bond acceptors (Lipinski definition) is 4. The minimum atomic E-state index is -0.485. The highest BCUT2D eigenvalue weighted by Gasteiger charge is 2.14. The fourth-order valence-corrected chi connectivity index (χ4v) is 1.45. The highest BCUT2D eigenvalue weighted by atomic mass is 35.5. The van der Waals surface area contributed by atoms with Crippen LogP contribution >= 0.6 is 11.6 Å². The first-order valence-electron chi connectivity index (χ1n) is 5.21. The maximum absolute atomic E-state index is 10.7. The van der Waals surface area contributed by atoms with Gasteiger partial charge in [0.25, 0.3) is 0 Å². The molecule has 17 heavy (non-hydrogen) atoms. The van der Waals surface area contributed by atoms with Gasteiger partial charge in [-0.2, -0.15) is 0 Å². The lowest BCUT2D eigenvalue weighted by molar-refractivity contribution is -0.385. The molecule has 0 bridgehead atoms. The Morgan fingerprint density at radius 1 is 1.35 bits per heavy atom. The summed E-state index contributed by atoms with van der Waals surface area (Å²) in [7, 11) is 1.63. The van der Waals surface area contributed by atoms with Crippen LogP contribution in [0.4, 0.5) is 5.69 Å². The van der Waals surface area contributed by atoms with Gasteiger partial charge in [0.15, 0.2) is 5.75 Å². The minimum Gasteiger partial charge on any atom is -0.487 e. The largest absolute Gasteiger partial charge is 0.487 e. The smallest absolute Gasteiger partial charge is 0.311 e. The number of ether oxygens (including phenoxy) is 2. The maximum atomic E-state index is 10.7. The Balaban J connectivity index is 2.56. The van der Waals surface area contributed by atoms with Gasteiger partial charge in [-0.15, -0.1) is 0 Å². The Morgan fingerprint density at radius 2 is 2.06 bits per heavy atom. The third kappa shape index (κ3) is 4.58. The number of nitro benzene ring substituents is 1. The average Bonchev–Trinajstić information content (AvgIpc) is 2.28. The second-order valence-electron chi connectivity index (χ2n) is 3.42. The Labute approximate surface area is 104 Å². The molecule has 0 aromatic heterocycles. The molecule has 1 aromatic carbocycles. The summed E-state index contributed by atoms with van der Waals surface area (Å²) >= 11 is 5.76. The minimum absolute atomic E-state index is 0.0684. The Kier molecular flexibility index (Phi) is 5.72. The molecule has 0 radical (unpaired) electrons. The van der Waals surface area contributed by atoms with E-state index < -0.39 is 4.92 Å². The zero-order chi connectivity index (χ0) is 12.7. The predicted octanol–water partition coefficient (Wildman–Crippen LogP) is 3.05. The van der Waals surface area contributed by atoms with E-state index in [0.29, 0.717) is 18.2 Å². The van der Waals surface area contributed by atoms with E-state index in [0.717, 1.165) is 12.8 Å². The van der Waals surface area contributed by atoms with E-state index in [1.807, 2.05) is 0 Å². The van der Waals surface area contributed by atoms with E-state index in [9.17, 15) is 10.1 Å². The van der Waals surface area contributed by atoms with Crippen molar-refractivity contribution in [3.05, 3.63) is 33.3 Å². The van der Waals surface area contributed by atoms with Gasteiger partial charge >= 0.3 is 5.69 Å². The van der Waals surface area contributed by atoms with Gasteiger partial charge in [0.2, 0.25) is 0 Å². The standard InChI is InChI=1S/C11H14ClNO4/c1-16-6-2-3-7-17-11-8-9(12)4-5-10(11)13(14)15/h4-5,8H,2-3,6-7H2,1H3. The third-order valence-electron chi connectivity index (χ3n) is 2.12. The molecule has 0 fully saturated rings. The molecule has 94 valence electrons. The number of benzene rings is 1. The molecule has 0 saturated heterocycles. The Morgan fingerprint density at radius 3 is 2.71 bits per heavy atom. The van der Waals surface area contributed by atoms with E-state index in [-0.39, 0.29) is 11.4 Å². The molecule has 0 atom stereocenters. The number of rotatable bonds is 7. The van der Waals surface area contributed by atoms with Crippen LogP contribution in [0.3, 0.4) is 0 Å².